The second kappa shape index (κ2) is 7.57. The van der Waals surface area contributed by atoms with Crippen molar-refractivity contribution in [3.63, 3.8) is 0 Å². The summed E-state index contributed by atoms with van der Waals surface area (Å²) in [5, 5.41) is 12.8. The lowest BCUT2D eigenvalue weighted by molar-refractivity contribution is -0.123. The van der Waals surface area contributed by atoms with E-state index in [0.717, 1.165) is 11.1 Å². The van der Waals surface area contributed by atoms with Crippen LogP contribution < -0.4 is 5.32 Å². The maximum atomic E-state index is 12.3. The first kappa shape index (κ1) is 18.8. The number of anilines is 1. The Bertz CT molecular complexity index is 809. The third kappa shape index (κ3) is 4.51. The Labute approximate surface area is 151 Å². The fraction of sp³-hybridized carbons (Fsp3) is 0.263. The van der Waals surface area contributed by atoms with Crippen molar-refractivity contribution in [1.29, 1.82) is 0 Å². The number of nitrogens with one attached hydrogen (secondary N) is 1. The van der Waals surface area contributed by atoms with Gasteiger partial charge < -0.3 is 15.2 Å². The minimum atomic E-state index is -1.02. The van der Waals surface area contributed by atoms with Gasteiger partial charge in [0.15, 0.2) is 6.10 Å². The van der Waals surface area contributed by atoms with E-state index < -0.39 is 18.0 Å². The number of hydrogen-bond acceptors (Lipinski definition) is 4. The highest BCUT2D eigenvalue weighted by Crippen LogP contribution is 2.27. The van der Waals surface area contributed by atoms with Gasteiger partial charge in [0.25, 0.3) is 5.91 Å². The highest BCUT2D eigenvalue weighted by atomic mass is 35.5. The molecule has 25 heavy (non-hydrogen) atoms. The number of rotatable bonds is 4. The zero-order chi connectivity index (χ0) is 18.7. The summed E-state index contributed by atoms with van der Waals surface area (Å²) in [5.41, 5.74) is 3.12. The third-order valence-electron chi connectivity index (χ3n) is 3.78. The lowest BCUT2D eigenvalue weighted by Crippen LogP contribution is -2.30. The summed E-state index contributed by atoms with van der Waals surface area (Å²) in [6.45, 7) is 6.93. The molecule has 0 aliphatic heterocycles. The summed E-state index contributed by atoms with van der Waals surface area (Å²) < 4.78 is 5.16. The first-order chi connectivity index (χ1) is 11.7. The van der Waals surface area contributed by atoms with E-state index in [2.05, 4.69) is 5.32 Å². The number of benzene rings is 2. The SMILES string of the molecule is Cc1cc(C)c(NC(=O)[C@@H](C)OC(=O)c2ccc(C)c(O)c2)c(Cl)c1. The van der Waals surface area contributed by atoms with Crippen LogP contribution in [-0.4, -0.2) is 23.1 Å². The van der Waals surface area contributed by atoms with Crippen molar-refractivity contribution in [3.05, 3.63) is 57.6 Å². The van der Waals surface area contributed by atoms with Crippen molar-refractivity contribution < 1.29 is 19.4 Å². The number of phenolic OH excluding ortho intramolecular Hbond substituents is 1. The zero-order valence-electron chi connectivity index (χ0n) is 14.5. The fourth-order valence-electron chi connectivity index (χ4n) is 2.32. The Morgan fingerprint density at radius 1 is 1.12 bits per heavy atom. The molecule has 0 radical (unpaired) electrons. The number of aryl methyl sites for hydroxylation is 3. The molecular weight excluding hydrogens is 342 g/mol. The standard InChI is InChI=1S/C19H20ClNO4/c1-10-7-12(3)17(15(20)8-10)21-18(23)13(4)25-19(24)14-6-5-11(2)16(22)9-14/h5-9,13,22H,1-4H3,(H,21,23)/t13-/m1/s1. The van der Waals surface area contributed by atoms with Crippen molar-refractivity contribution >= 4 is 29.2 Å². The van der Waals surface area contributed by atoms with Crippen LogP contribution in [0.15, 0.2) is 30.3 Å². The van der Waals surface area contributed by atoms with E-state index in [1.165, 1.54) is 19.1 Å². The largest absolute Gasteiger partial charge is 0.508 e. The quantitative estimate of drug-likeness (QED) is 0.802. The molecule has 1 atom stereocenters. The van der Waals surface area contributed by atoms with Gasteiger partial charge in [0.1, 0.15) is 5.75 Å². The number of amides is 1. The first-order valence-electron chi connectivity index (χ1n) is 7.77. The molecule has 6 heteroatoms. The van der Waals surface area contributed by atoms with E-state index in [4.69, 9.17) is 16.3 Å². The van der Waals surface area contributed by atoms with E-state index in [1.807, 2.05) is 19.9 Å². The summed E-state index contributed by atoms with van der Waals surface area (Å²) in [5.74, 6) is -1.18. The Morgan fingerprint density at radius 3 is 2.40 bits per heavy atom. The van der Waals surface area contributed by atoms with E-state index in [-0.39, 0.29) is 11.3 Å². The Balaban J connectivity index is 2.07. The highest BCUT2D eigenvalue weighted by Gasteiger charge is 2.21. The van der Waals surface area contributed by atoms with Crippen LogP contribution in [0.4, 0.5) is 5.69 Å². The fourth-order valence-corrected chi connectivity index (χ4v) is 2.69. The van der Waals surface area contributed by atoms with Gasteiger partial charge in [-0.3, -0.25) is 4.79 Å². The summed E-state index contributed by atoms with van der Waals surface area (Å²) in [6.07, 6.45) is -1.02. The Morgan fingerprint density at radius 2 is 1.80 bits per heavy atom. The number of hydrogen-bond donors (Lipinski definition) is 2. The van der Waals surface area contributed by atoms with E-state index >= 15 is 0 Å². The monoisotopic (exact) mass is 361 g/mol. The maximum absolute atomic E-state index is 12.3. The van der Waals surface area contributed by atoms with Gasteiger partial charge in [-0.15, -0.1) is 0 Å². The number of carbonyl (C=O) groups is 2. The summed E-state index contributed by atoms with van der Waals surface area (Å²) in [7, 11) is 0. The van der Waals surface area contributed by atoms with E-state index in [9.17, 15) is 14.7 Å². The number of aromatic hydroxyl groups is 1. The third-order valence-corrected chi connectivity index (χ3v) is 4.08. The molecule has 0 aliphatic rings. The van der Waals surface area contributed by atoms with Gasteiger partial charge >= 0.3 is 5.97 Å². The van der Waals surface area contributed by atoms with Gasteiger partial charge in [0, 0.05) is 0 Å². The van der Waals surface area contributed by atoms with Crippen LogP contribution in [0.1, 0.15) is 34.0 Å². The molecule has 0 aliphatic carbocycles. The number of carbonyl (C=O) groups excluding carboxylic acids is 2. The van der Waals surface area contributed by atoms with Gasteiger partial charge in [0.05, 0.1) is 16.3 Å². The van der Waals surface area contributed by atoms with Crippen LogP contribution >= 0.6 is 11.6 Å². The number of ether oxygens (including phenoxy) is 1. The van der Waals surface area contributed by atoms with Crippen LogP contribution in [0, 0.1) is 20.8 Å². The molecule has 132 valence electrons. The van der Waals surface area contributed by atoms with Gasteiger partial charge in [-0.25, -0.2) is 4.79 Å². The van der Waals surface area contributed by atoms with Crippen LogP contribution in [-0.2, 0) is 9.53 Å². The van der Waals surface area contributed by atoms with Crippen molar-refractivity contribution in [1.82, 2.24) is 0 Å². The van der Waals surface area contributed by atoms with Crippen LogP contribution in [0.5, 0.6) is 5.75 Å². The summed E-state index contributed by atoms with van der Waals surface area (Å²) in [4.78, 5) is 24.4. The molecule has 2 aromatic carbocycles. The second-order valence-corrected chi connectivity index (χ2v) is 6.38. The Kier molecular flexibility index (Phi) is 5.69. The van der Waals surface area contributed by atoms with Gasteiger partial charge in [-0.2, -0.15) is 0 Å². The van der Waals surface area contributed by atoms with Crippen molar-refractivity contribution in [2.24, 2.45) is 0 Å². The highest BCUT2D eigenvalue weighted by molar-refractivity contribution is 6.34. The molecule has 0 saturated heterocycles. The smallest absolute Gasteiger partial charge is 0.339 e. The normalized spacial score (nSPS) is 11.7. The molecule has 1 amide bonds. The topological polar surface area (TPSA) is 75.6 Å². The molecule has 5 nitrogen and oxygen atoms in total. The lowest BCUT2D eigenvalue weighted by atomic mass is 10.1. The first-order valence-corrected chi connectivity index (χ1v) is 8.15. The van der Waals surface area contributed by atoms with Crippen LogP contribution in [0.25, 0.3) is 0 Å². The molecule has 0 spiro atoms. The van der Waals surface area contributed by atoms with Crippen molar-refractivity contribution in [2.45, 2.75) is 33.8 Å². The summed E-state index contributed by atoms with van der Waals surface area (Å²) in [6, 6.07) is 8.08. The lowest BCUT2D eigenvalue weighted by Gasteiger charge is -2.16. The second-order valence-electron chi connectivity index (χ2n) is 5.98. The van der Waals surface area contributed by atoms with E-state index in [1.54, 1.807) is 19.1 Å². The minimum Gasteiger partial charge on any atom is -0.508 e. The predicted molar refractivity (Wildman–Crippen MR) is 97.3 cm³/mol. The molecule has 2 rings (SSSR count). The summed E-state index contributed by atoms with van der Waals surface area (Å²) >= 11 is 6.17. The molecule has 0 unspecified atom stereocenters. The number of phenols is 1. The maximum Gasteiger partial charge on any atom is 0.339 e. The van der Waals surface area contributed by atoms with Gasteiger partial charge in [-0.1, -0.05) is 23.7 Å². The molecule has 0 bridgehead atoms. The minimum absolute atomic E-state index is 0.00591. The molecule has 2 aromatic rings. The number of esters is 1. The van der Waals surface area contributed by atoms with Gasteiger partial charge in [0.2, 0.25) is 0 Å². The molecular formula is C19H20ClNO4. The van der Waals surface area contributed by atoms with Crippen molar-refractivity contribution in [3.8, 4) is 5.75 Å². The van der Waals surface area contributed by atoms with Crippen LogP contribution in [0.3, 0.4) is 0 Å². The average molecular weight is 362 g/mol. The Hall–Kier alpha value is -2.53. The molecule has 2 N–H and O–H groups in total. The average Bonchev–Trinajstić information content (AvgIpc) is 2.53. The molecule has 0 heterocycles. The van der Waals surface area contributed by atoms with Crippen molar-refractivity contribution in [2.75, 3.05) is 5.32 Å². The van der Waals surface area contributed by atoms with E-state index in [0.29, 0.717) is 16.3 Å². The molecule has 0 fully saturated rings. The number of halogens is 1. The molecule has 0 saturated carbocycles. The molecule has 0 aromatic heterocycles. The van der Waals surface area contributed by atoms with Crippen LogP contribution in [0.2, 0.25) is 5.02 Å². The van der Waals surface area contributed by atoms with Gasteiger partial charge in [-0.05, 0) is 62.6 Å². The zero-order valence-corrected chi connectivity index (χ0v) is 15.3. The predicted octanol–water partition coefficient (Wildman–Crippen LogP) is 4.15.